The van der Waals surface area contributed by atoms with E-state index in [1.54, 1.807) is 0 Å². The van der Waals surface area contributed by atoms with Crippen LogP contribution >= 0.6 is 13.5 Å². The van der Waals surface area contributed by atoms with Crippen LogP contribution in [0.5, 0.6) is 0 Å². The summed E-state index contributed by atoms with van der Waals surface area (Å²) in [5.74, 6) is -2.70. The zero-order chi connectivity index (χ0) is 22.5. The first-order chi connectivity index (χ1) is 14.6. The molecule has 1 aromatic carbocycles. The topological polar surface area (TPSA) is 119 Å². The van der Waals surface area contributed by atoms with Gasteiger partial charge in [0.05, 0.1) is 29.6 Å². The number of nitrogens with zero attached hydrogens (tertiary/aromatic N) is 5. The molecule has 9 nitrogen and oxygen atoms in total. The number of rotatable bonds is 4. The average molecular weight is 470 g/mol. The van der Waals surface area contributed by atoms with E-state index in [9.17, 15) is 27.2 Å². The van der Waals surface area contributed by atoms with Gasteiger partial charge >= 0.3 is 12.1 Å². The Morgan fingerprint density at radius 2 is 1.94 bits per heavy atom. The Hall–Kier alpha value is -3.68. The molecule has 0 spiro atoms. The molecule has 2 N–H and O–H groups in total. The van der Waals surface area contributed by atoms with Gasteiger partial charge in [-0.1, -0.05) is 6.07 Å². The molecule has 0 aliphatic carbocycles. The highest BCUT2D eigenvalue weighted by molar-refractivity contribution is 7.59. The maximum Gasteiger partial charge on any atom is 0.419 e. The summed E-state index contributed by atoms with van der Waals surface area (Å²) < 4.78 is 54.6. The lowest BCUT2D eigenvalue weighted by Crippen LogP contribution is -2.19. The first kappa shape index (κ1) is 23.0. The van der Waals surface area contributed by atoms with Gasteiger partial charge in [0.2, 0.25) is 5.95 Å². The van der Waals surface area contributed by atoms with Gasteiger partial charge in [0, 0.05) is 6.20 Å². The minimum atomic E-state index is -4.82. The number of carboxylic acid groups (broad SMARTS) is 1. The monoisotopic (exact) mass is 470 g/mol. The number of hydrogen-bond donors (Lipinski definition) is 2. The number of carboxylic acids is 1. The molecule has 0 saturated carbocycles. The fourth-order valence-corrected chi connectivity index (χ4v) is 3.07. The summed E-state index contributed by atoms with van der Waals surface area (Å²) in [7, 11) is 0. The molecule has 0 radical (unpaired) electrons. The van der Waals surface area contributed by atoms with Crippen molar-refractivity contribution in [2.45, 2.75) is 19.1 Å². The van der Waals surface area contributed by atoms with Gasteiger partial charge in [-0.05, 0) is 24.6 Å². The van der Waals surface area contributed by atoms with Crippen LogP contribution in [0, 0.1) is 5.82 Å². The molecule has 168 valence electrons. The minimum Gasteiger partial charge on any atom is -0.478 e. The Kier molecular flexibility index (Phi) is 5.82. The molecule has 14 heteroatoms. The van der Waals surface area contributed by atoms with Crippen molar-refractivity contribution >= 4 is 30.5 Å². The van der Waals surface area contributed by atoms with E-state index in [1.807, 2.05) is 0 Å². The predicted octanol–water partition coefficient (Wildman–Crippen LogP) is 2.88. The Morgan fingerprint density at radius 1 is 1.22 bits per heavy atom. The highest BCUT2D eigenvalue weighted by atomic mass is 32.1. The zero-order valence-corrected chi connectivity index (χ0v) is 17.1. The Bertz CT molecular complexity index is 1380. The fraction of sp³-hybridized carbons (Fsp3) is 0.167. The van der Waals surface area contributed by atoms with Crippen LogP contribution in [0.4, 0.5) is 17.6 Å². The van der Waals surface area contributed by atoms with Crippen molar-refractivity contribution in [3.8, 4) is 5.95 Å². The van der Waals surface area contributed by atoms with Gasteiger partial charge in [-0.25, -0.2) is 18.9 Å². The zero-order valence-electron chi connectivity index (χ0n) is 16.1. The maximum absolute atomic E-state index is 14.0. The third-order valence-corrected chi connectivity index (χ3v) is 4.64. The molecule has 0 amide bonds. The molecule has 4 aromatic rings. The number of halogens is 4. The summed E-state index contributed by atoms with van der Waals surface area (Å²) >= 11 is 0. The van der Waals surface area contributed by atoms with E-state index >= 15 is 0 Å². The number of aromatic carboxylic acids is 1. The number of carbonyl (C=O) groups is 1. The van der Waals surface area contributed by atoms with E-state index < -0.39 is 35.1 Å². The van der Waals surface area contributed by atoms with E-state index in [1.165, 1.54) is 17.8 Å². The van der Waals surface area contributed by atoms with Crippen molar-refractivity contribution in [2.75, 3.05) is 0 Å². The quantitative estimate of drug-likeness (QED) is 0.443. The van der Waals surface area contributed by atoms with Crippen LogP contribution in [-0.4, -0.2) is 40.6 Å². The van der Waals surface area contributed by atoms with Crippen molar-refractivity contribution in [3.63, 3.8) is 0 Å². The number of aromatic nitrogens is 6. The highest BCUT2D eigenvalue weighted by Crippen LogP contribution is 2.33. The van der Waals surface area contributed by atoms with Crippen LogP contribution in [0.25, 0.3) is 17.0 Å². The highest BCUT2D eigenvalue weighted by Gasteiger charge is 2.34. The SMILES string of the molecule is C[C@@H](c1ccc(C(F)(F)F)c(F)c1)n1ncc2nc(-n3cc(C(=O)O)cn3)[nH]c(=O)c21.S. The second-order valence-corrected chi connectivity index (χ2v) is 6.60. The van der Waals surface area contributed by atoms with Crippen molar-refractivity contribution in [3.05, 3.63) is 69.7 Å². The second kappa shape index (κ2) is 8.11. The molecule has 0 aliphatic rings. The average Bonchev–Trinajstić information content (AvgIpc) is 3.34. The molecule has 0 aliphatic heterocycles. The van der Waals surface area contributed by atoms with Gasteiger partial charge in [0.1, 0.15) is 11.3 Å². The van der Waals surface area contributed by atoms with Crippen LogP contribution in [-0.2, 0) is 6.18 Å². The smallest absolute Gasteiger partial charge is 0.419 e. The van der Waals surface area contributed by atoms with E-state index in [4.69, 9.17) is 5.11 Å². The Morgan fingerprint density at radius 3 is 2.53 bits per heavy atom. The minimum absolute atomic E-state index is 0. The van der Waals surface area contributed by atoms with Gasteiger partial charge < -0.3 is 5.11 Å². The van der Waals surface area contributed by atoms with Crippen molar-refractivity contribution in [2.24, 2.45) is 0 Å². The molecule has 3 heterocycles. The lowest BCUT2D eigenvalue weighted by Gasteiger charge is -2.15. The molecule has 0 bridgehead atoms. The van der Waals surface area contributed by atoms with Gasteiger partial charge in [-0.2, -0.15) is 36.9 Å². The standard InChI is InChI=1S/C18H12F4N6O3.H2S/c1-8(9-2-3-11(12(19)4-9)18(20,21)22)28-14-13(6-24-28)25-17(26-15(14)29)27-7-10(5-23-27)16(30)31;/h2-8H,1H3,(H,30,31)(H,25,26,29);1H2/t8-;/m0./s1. The molecule has 3 aromatic heterocycles. The second-order valence-electron chi connectivity index (χ2n) is 6.60. The lowest BCUT2D eigenvalue weighted by molar-refractivity contribution is -0.140. The molecule has 1 atom stereocenters. The van der Waals surface area contributed by atoms with E-state index in [0.717, 1.165) is 29.2 Å². The van der Waals surface area contributed by atoms with Crippen molar-refractivity contribution in [1.29, 1.82) is 0 Å². The van der Waals surface area contributed by atoms with Crippen LogP contribution in [0.1, 0.15) is 34.5 Å². The summed E-state index contributed by atoms with van der Waals surface area (Å²) in [4.78, 5) is 30.3. The number of hydrogen-bond acceptors (Lipinski definition) is 5. The summed E-state index contributed by atoms with van der Waals surface area (Å²) in [6.07, 6.45) is -1.33. The maximum atomic E-state index is 14.0. The number of alkyl halides is 3. The number of H-pyrrole nitrogens is 1. The molecular weight excluding hydrogens is 456 g/mol. The van der Waals surface area contributed by atoms with Gasteiger partial charge in [0.25, 0.3) is 5.56 Å². The Balaban J connectivity index is 0.00000289. The van der Waals surface area contributed by atoms with Gasteiger partial charge in [-0.15, -0.1) is 0 Å². The fourth-order valence-electron chi connectivity index (χ4n) is 3.07. The molecule has 4 rings (SSSR count). The molecule has 0 unspecified atom stereocenters. The van der Waals surface area contributed by atoms with Crippen molar-refractivity contribution < 1.29 is 27.5 Å². The summed E-state index contributed by atoms with van der Waals surface area (Å²) in [6.45, 7) is 1.54. The van der Waals surface area contributed by atoms with Crippen LogP contribution in [0.15, 0.2) is 41.6 Å². The summed E-state index contributed by atoms with van der Waals surface area (Å²) in [5.41, 5.74) is -1.86. The lowest BCUT2D eigenvalue weighted by atomic mass is 10.1. The largest absolute Gasteiger partial charge is 0.478 e. The van der Waals surface area contributed by atoms with E-state index in [-0.39, 0.29) is 41.6 Å². The van der Waals surface area contributed by atoms with Gasteiger partial charge in [0.15, 0.2) is 5.52 Å². The Labute approximate surface area is 182 Å². The normalized spacial score (nSPS) is 12.5. The first-order valence-corrected chi connectivity index (χ1v) is 8.69. The van der Waals surface area contributed by atoms with Crippen LogP contribution in [0.2, 0.25) is 0 Å². The molecule has 0 saturated heterocycles. The van der Waals surface area contributed by atoms with E-state index in [0.29, 0.717) is 6.07 Å². The summed E-state index contributed by atoms with van der Waals surface area (Å²) in [5, 5.41) is 16.9. The van der Waals surface area contributed by atoms with E-state index in [2.05, 4.69) is 20.2 Å². The molecular formula is C18H14F4N6O3S. The van der Waals surface area contributed by atoms with Gasteiger partial charge in [-0.3, -0.25) is 14.5 Å². The number of benzene rings is 1. The molecule has 32 heavy (non-hydrogen) atoms. The third kappa shape index (κ3) is 3.95. The number of fused-ring (bicyclic) bond motifs is 1. The van der Waals surface area contributed by atoms with Crippen LogP contribution in [0.3, 0.4) is 0 Å². The first-order valence-electron chi connectivity index (χ1n) is 8.69. The predicted molar refractivity (Wildman–Crippen MR) is 108 cm³/mol. The van der Waals surface area contributed by atoms with Crippen molar-refractivity contribution in [1.82, 2.24) is 29.5 Å². The summed E-state index contributed by atoms with van der Waals surface area (Å²) in [6, 6.07) is 1.70. The number of aromatic amines is 1. The number of nitrogens with one attached hydrogen (secondary N) is 1. The molecule has 0 fully saturated rings. The third-order valence-electron chi connectivity index (χ3n) is 4.64. The van der Waals surface area contributed by atoms with Crippen LogP contribution < -0.4 is 5.56 Å².